The molecule has 1 N–H and O–H groups in total. The summed E-state index contributed by atoms with van der Waals surface area (Å²) in [5, 5.41) is 13.1. The summed E-state index contributed by atoms with van der Waals surface area (Å²) in [6, 6.07) is 0.873. The van der Waals surface area contributed by atoms with Crippen molar-refractivity contribution in [3.05, 3.63) is 17.5 Å². The quantitative estimate of drug-likeness (QED) is 0.914. The van der Waals surface area contributed by atoms with Crippen molar-refractivity contribution >= 4 is 11.9 Å². The van der Waals surface area contributed by atoms with Crippen LogP contribution in [-0.4, -0.2) is 39.6 Å². The summed E-state index contributed by atoms with van der Waals surface area (Å²) in [5.74, 6) is -0.982. The van der Waals surface area contributed by atoms with Crippen molar-refractivity contribution in [2.75, 3.05) is 6.54 Å². The van der Waals surface area contributed by atoms with Gasteiger partial charge in [0.1, 0.15) is 6.04 Å². The predicted molar refractivity (Wildman–Crippen MR) is 71.5 cm³/mol. The van der Waals surface area contributed by atoms with Gasteiger partial charge in [-0.25, -0.2) is 4.79 Å². The van der Waals surface area contributed by atoms with Crippen LogP contribution in [0.5, 0.6) is 0 Å². The van der Waals surface area contributed by atoms with Gasteiger partial charge in [0.2, 0.25) is 5.76 Å². The number of amides is 1. The standard InChI is InChI=1S/C14H20N2O4/c1-3-9(2)10-8-12(20-15-10)13(17)16-7-5-4-6-11(16)14(18)19/h8-9,11H,3-7H2,1-2H3,(H,18,19)/t9-,11-/m1/s1. The molecular formula is C14H20N2O4. The smallest absolute Gasteiger partial charge is 0.326 e. The molecule has 0 radical (unpaired) electrons. The molecule has 1 aromatic rings. The molecule has 20 heavy (non-hydrogen) atoms. The molecule has 6 nitrogen and oxygen atoms in total. The number of likely N-dealkylation sites (tertiary alicyclic amines) is 1. The molecule has 0 bridgehead atoms. The maximum absolute atomic E-state index is 12.4. The molecule has 0 spiro atoms. The molecule has 2 rings (SSSR count). The average molecular weight is 280 g/mol. The lowest BCUT2D eigenvalue weighted by Gasteiger charge is -2.31. The lowest BCUT2D eigenvalue weighted by molar-refractivity contribution is -0.143. The lowest BCUT2D eigenvalue weighted by Crippen LogP contribution is -2.47. The van der Waals surface area contributed by atoms with Crippen LogP contribution in [0.15, 0.2) is 10.6 Å². The second kappa shape index (κ2) is 6.07. The Balaban J connectivity index is 2.17. The number of aliphatic carboxylic acids is 1. The maximum atomic E-state index is 12.4. The highest BCUT2D eigenvalue weighted by Crippen LogP contribution is 2.23. The van der Waals surface area contributed by atoms with Crippen molar-refractivity contribution in [3.63, 3.8) is 0 Å². The zero-order valence-corrected chi connectivity index (χ0v) is 11.8. The van der Waals surface area contributed by atoms with E-state index in [9.17, 15) is 14.7 Å². The number of piperidine rings is 1. The van der Waals surface area contributed by atoms with Crippen LogP contribution in [0.4, 0.5) is 0 Å². The van der Waals surface area contributed by atoms with Gasteiger partial charge >= 0.3 is 5.97 Å². The van der Waals surface area contributed by atoms with Gasteiger partial charge < -0.3 is 14.5 Å². The summed E-state index contributed by atoms with van der Waals surface area (Å²) in [4.78, 5) is 25.0. The van der Waals surface area contributed by atoms with Crippen LogP contribution in [0.3, 0.4) is 0 Å². The third-order valence-electron chi connectivity index (χ3n) is 3.91. The van der Waals surface area contributed by atoms with Crippen LogP contribution in [-0.2, 0) is 4.79 Å². The van der Waals surface area contributed by atoms with E-state index in [1.807, 2.05) is 13.8 Å². The molecule has 1 amide bonds. The normalized spacial score (nSPS) is 20.7. The van der Waals surface area contributed by atoms with Gasteiger partial charge in [0.25, 0.3) is 5.91 Å². The van der Waals surface area contributed by atoms with E-state index in [2.05, 4.69) is 5.16 Å². The highest BCUT2D eigenvalue weighted by Gasteiger charge is 2.34. The molecule has 6 heteroatoms. The van der Waals surface area contributed by atoms with E-state index in [4.69, 9.17) is 4.52 Å². The molecule has 1 saturated heterocycles. The van der Waals surface area contributed by atoms with Crippen molar-refractivity contribution in [1.29, 1.82) is 0 Å². The summed E-state index contributed by atoms with van der Waals surface area (Å²) >= 11 is 0. The fraction of sp³-hybridized carbons (Fsp3) is 0.643. The molecule has 1 aromatic heterocycles. The SMILES string of the molecule is CC[C@@H](C)c1cc(C(=O)N2CCCC[C@@H]2C(=O)O)on1. The molecule has 2 atom stereocenters. The largest absolute Gasteiger partial charge is 0.480 e. The highest BCUT2D eigenvalue weighted by atomic mass is 16.5. The first-order valence-electron chi connectivity index (χ1n) is 7.05. The van der Waals surface area contributed by atoms with Gasteiger partial charge in [0.15, 0.2) is 0 Å². The second-order valence-electron chi connectivity index (χ2n) is 5.27. The first-order chi connectivity index (χ1) is 9.54. The van der Waals surface area contributed by atoms with E-state index in [0.29, 0.717) is 13.0 Å². The Labute approximate surface area is 117 Å². The predicted octanol–water partition coefficient (Wildman–Crippen LogP) is 2.27. The van der Waals surface area contributed by atoms with E-state index >= 15 is 0 Å². The summed E-state index contributed by atoms with van der Waals surface area (Å²) < 4.78 is 5.10. The zero-order valence-electron chi connectivity index (χ0n) is 11.8. The topological polar surface area (TPSA) is 83.6 Å². The molecule has 1 aliphatic rings. The van der Waals surface area contributed by atoms with Gasteiger partial charge in [-0.3, -0.25) is 4.79 Å². The Kier molecular flexibility index (Phi) is 4.42. The van der Waals surface area contributed by atoms with Crippen molar-refractivity contribution < 1.29 is 19.2 Å². The monoisotopic (exact) mass is 280 g/mol. The van der Waals surface area contributed by atoms with E-state index in [-0.39, 0.29) is 17.6 Å². The summed E-state index contributed by atoms with van der Waals surface area (Å²) in [7, 11) is 0. The first-order valence-corrected chi connectivity index (χ1v) is 7.05. The van der Waals surface area contributed by atoms with Crippen LogP contribution < -0.4 is 0 Å². The maximum Gasteiger partial charge on any atom is 0.326 e. The van der Waals surface area contributed by atoms with Gasteiger partial charge in [-0.1, -0.05) is 19.0 Å². The third-order valence-corrected chi connectivity index (χ3v) is 3.91. The van der Waals surface area contributed by atoms with Gasteiger partial charge in [-0.15, -0.1) is 0 Å². The number of aromatic nitrogens is 1. The number of rotatable bonds is 4. The Hall–Kier alpha value is -1.85. The van der Waals surface area contributed by atoms with E-state index in [0.717, 1.165) is 25.0 Å². The number of carbonyl (C=O) groups is 2. The summed E-state index contributed by atoms with van der Waals surface area (Å²) in [6.07, 6.45) is 3.05. The van der Waals surface area contributed by atoms with Crippen molar-refractivity contribution in [1.82, 2.24) is 10.1 Å². The average Bonchev–Trinajstić information content (AvgIpc) is 2.95. The van der Waals surface area contributed by atoms with E-state index in [1.165, 1.54) is 4.90 Å². The van der Waals surface area contributed by atoms with Gasteiger partial charge in [-0.05, 0) is 25.7 Å². The van der Waals surface area contributed by atoms with Crippen LogP contribution in [0.25, 0.3) is 0 Å². The van der Waals surface area contributed by atoms with Crippen LogP contribution in [0.2, 0.25) is 0 Å². The Morgan fingerprint density at radius 1 is 1.55 bits per heavy atom. The van der Waals surface area contributed by atoms with Crippen molar-refractivity contribution in [2.24, 2.45) is 0 Å². The fourth-order valence-electron chi connectivity index (χ4n) is 2.40. The number of hydrogen-bond acceptors (Lipinski definition) is 4. The number of nitrogens with zero attached hydrogens (tertiary/aromatic N) is 2. The van der Waals surface area contributed by atoms with Crippen LogP contribution >= 0.6 is 0 Å². The number of hydrogen-bond donors (Lipinski definition) is 1. The molecule has 110 valence electrons. The molecule has 1 fully saturated rings. The molecule has 1 aliphatic heterocycles. The Morgan fingerprint density at radius 2 is 2.30 bits per heavy atom. The van der Waals surface area contributed by atoms with Crippen molar-refractivity contribution in [3.8, 4) is 0 Å². The van der Waals surface area contributed by atoms with Crippen LogP contribution in [0.1, 0.15) is 61.7 Å². The lowest BCUT2D eigenvalue weighted by atomic mass is 10.0. The first kappa shape index (κ1) is 14.6. The van der Waals surface area contributed by atoms with E-state index in [1.54, 1.807) is 6.07 Å². The zero-order chi connectivity index (χ0) is 14.7. The second-order valence-corrected chi connectivity index (χ2v) is 5.27. The molecule has 2 heterocycles. The molecule has 0 unspecified atom stereocenters. The molecular weight excluding hydrogens is 260 g/mol. The van der Waals surface area contributed by atoms with E-state index < -0.39 is 12.0 Å². The number of carboxylic acids is 1. The molecule has 0 aliphatic carbocycles. The third kappa shape index (κ3) is 2.84. The fourth-order valence-corrected chi connectivity index (χ4v) is 2.40. The van der Waals surface area contributed by atoms with Crippen LogP contribution in [0, 0.1) is 0 Å². The molecule has 0 aromatic carbocycles. The number of carbonyl (C=O) groups excluding carboxylic acids is 1. The van der Waals surface area contributed by atoms with Gasteiger partial charge in [0.05, 0.1) is 5.69 Å². The van der Waals surface area contributed by atoms with Gasteiger partial charge in [-0.2, -0.15) is 0 Å². The molecule has 0 saturated carbocycles. The Morgan fingerprint density at radius 3 is 2.95 bits per heavy atom. The van der Waals surface area contributed by atoms with Gasteiger partial charge in [0, 0.05) is 18.5 Å². The summed E-state index contributed by atoms with van der Waals surface area (Å²) in [6.45, 7) is 4.49. The highest BCUT2D eigenvalue weighted by molar-refractivity contribution is 5.94. The minimum atomic E-state index is -0.959. The number of carboxylic acid groups (broad SMARTS) is 1. The Bertz CT molecular complexity index is 497. The van der Waals surface area contributed by atoms with Crippen molar-refractivity contribution in [2.45, 2.75) is 51.5 Å². The minimum absolute atomic E-state index is 0.133. The summed E-state index contributed by atoms with van der Waals surface area (Å²) in [5.41, 5.74) is 0.736. The minimum Gasteiger partial charge on any atom is -0.480 e.